The summed E-state index contributed by atoms with van der Waals surface area (Å²) in [5.41, 5.74) is 2.08. The van der Waals surface area contributed by atoms with E-state index in [2.05, 4.69) is 10.3 Å². The molecular weight excluding hydrogens is 398 g/mol. The molecule has 1 heterocycles. The van der Waals surface area contributed by atoms with Crippen LogP contribution < -0.4 is 10.1 Å². The Bertz CT molecular complexity index is 1000. The number of carbonyl (C=O) groups excluding carboxylic acids is 2. The summed E-state index contributed by atoms with van der Waals surface area (Å²) >= 11 is 0.703. The third kappa shape index (κ3) is 5.84. The quantitative estimate of drug-likeness (QED) is 0.342. The van der Waals surface area contributed by atoms with Gasteiger partial charge in [0.1, 0.15) is 11.9 Å². The van der Waals surface area contributed by atoms with Gasteiger partial charge in [-0.05, 0) is 34.6 Å². The normalized spacial score (nSPS) is 10.2. The highest BCUT2D eigenvalue weighted by atomic mass is 32.1. The molecule has 1 aromatic heterocycles. The first-order chi connectivity index (χ1) is 14.0. The van der Waals surface area contributed by atoms with Gasteiger partial charge in [-0.25, -0.2) is 9.78 Å². The van der Waals surface area contributed by atoms with Crippen molar-refractivity contribution in [3.05, 3.63) is 70.9 Å². The Balaban J connectivity index is 1.41. The molecular formula is C19H15N3O6S. The van der Waals surface area contributed by atoms with Crippen molar-refractivity contribution in [2.75, 3.05) is 18.5 Å². The van der Waals surface area contributed by atoms with E-state index >= 15 is 0 Å². The summed E-state index contributed by atoms with van der Waals surface area (Å²) in [5.74, 6) is -0.895. The van der Waals surface area contributed by atoms with Gasteiger partial charge in [-0.1, -0.05) is 42.5 Å². The van der Waals surface area contributed by atoms with Gasteiger partial charge in [0.15, 0.2) is 18.3 Å². The van der Waals surface area contributed by atoms with Crippen molar-refractivity contribution in [1.29, 1.82) is 0 Å². The Kier molecular flexibility index (Phi) is 6.48. The van der Waals surface area contributed by atoms with Crippen molar-refractivity contribution in [3.8, 4) is 16.9 Å². The van der Waals surface area contributed by atoms with Gasteiger partial charge in [0.05, 0.1) is 4.92 Å². The number of hydrogen-bond acceptors (Lipinski definition) is 8. The molecule has 148 valence electrons. The van der Waals surface area contributed by atoms with Crippen LogP contribution >= 0.6 is 11.3 Å². The second-order valence-electron chi connectivity index (χ2n) is 5.65. The molecule has 0 radical (unpaired) electrons. The summed E-state index contributed by atoms with van der Waals surface area (Å²) in [5, 5.41) is 12.7. The van der Waals surface area contributed by atoms with Gasteiger partial charge in [-0.3, -0.25) is 20.2 Å². The molecule has 0 saturated carbocycles. The van der Waals surface area contributed by atoms with Crippen LogP contribution in [0, 0.1) is 10.1 Å². The minimum absolute atomic E-state index is 0.0486. The Morgan fingerprint density at radius 1 is 1.03 bits per heavy atom. The van der Waals surface area contributed by atoms with Crippen LogP contribution in [-0.4, -0.2) is 35.0 Å². The van der Waals surface area contributed by atoms with Crippen molar-refractivity contribution < 1.29 is 24.0 Å². The SMILES string of the molecule is O=C(COC(=O)COc1ccc(-c2ccccc2)cc1)Nc1ncc([N+](=O)[O-])s1. The summed E-state index contributed by atoms with van der Waals surface area (Å²) in [7, 11) is 0. The first-order valence-corrected chi connectivity index (χ1v) is 9.17. The molecule has 0 saturated heterocycles. The number of amides is 1. The molecule has 9 nitrogen and oxygen atoms in total. The van der Waals surface area contributed by atoms with E-state index in [1.807, 2.05) is 42.5 Å². The average Bonchev–Trinajstić information content (AvgIpc) is 3.20. The van der Waals surface area contributed by atoms with Crippen LogP contribution in [0.5, 0.6) is 5.75 Å². The number of aromatic nitrogens is 1. The molecule has 3 aromatic rings. The molecule has 10 heteroatoms. The minimum Gasteiger partial charge on any atom is -0.482 e. The molecule has 2 aromatic carbocycles. The number of nitrogens with one attached hydrogen (secondary N) is 1. The predicted octanol–water partition coefficient (Wildman–Crippen LogP) is 3.28. The standard InChI is InChI=1S/C19H15N3O6S/c23-16(21-19-20-10-17(29-19)22(25)26)11-28-18(24)12-27-15-8-6-14(7-9-15)13-4-2-1-3-5-13/h1-10H,11-12H2,(H,20,21,23). The number of nitro groups is 1. The first kappa shape index (κ1) is 20.0. The largest absolute Gasteiger partial charge is 0.482 e. The van der Waals surface area contributed by atoms with E-state index in [-0.39, 0.29) is 16.7 Å². The summed E-state index contributed by atoms with van der Waals surface area (Å²) in [6.45, 7) is -0.913. The topological polar surface area (TPSA) is 121 Å². The van der Waals surface area contributed by atoms with E-state index in [4.69, 9.17) is 9.47 Å². The summed E-state index contributed by atoms with van der Waals surface area (Å²) in [6.07, 6.45) is 1.03. The van der Waals surface area contributed by atoms with E-state index in [0.29, 0.717) is 17.1 Å². The Labute approximate surface area is 169 Å². The molecule has 29 heavy (non-hydrogen) atoms. The maximum absolute atomic E-state index is 11.7. The van der Waals surface area contributed by atoms with Crippen LogP contribution in [-0.2, 0) is 14.3 Å². The zero-order valence-electron chi connectivity index (χ0n) is 14.9. The molecule has 0 spiro atoms. The van der Waals surface area contributed by atoms with E-state index in [0.717, 1.165) is 17.3 Å². The Hall–Kier alpha value is -3.79. The number of rotatable bonds is 8. The highest BCUT2D eigenvalue weighted by Gasteiger charge is 2.14. The van der Waals surface area contributed by atoms with Crippen molar-refractivity contribution in [2.24, 2.45) is 0 Å². The minimum atomic E-state index is -0.725. The number of carbonyl (C=O) groups is 2. The molecule has 0 fully saturated rings. The van der Waals surface area contributed by atoms with Crippen LogP contribution in [0.2, 0.25) is 0 Å². The lowest BCUT2D eigenvalue weighted by Gasteiger charge is -2.08. The molecule has 0 atom stereocenters. The maximum Gasteiger partial charge on any atom is 0.345 e. The monoisotopic (exact) mass is 413 g/mol. The lowest BCUT2D eigenvalue weighted by Crippen LogP contribution is -2.23. The predicted molar refractivity (Wildman–Crippen MR) is 106 cm³/mol. The van der Waals surface area contributed by atoms with Crippen LogP contribution in [0.15, 0.2) is 60.8 Å². The van der Waals surface area contributed by atoms with Crippen LogP contribution in [0.25, 0.3) is 11.1 Å². The number of hydrogen-bond donors (Lipinski definition) is 1. The molecule has 1 amide bonds. The number of anilines is 1. The zero-order chi connectivity index (χ0) is 20.6. The zero-order valence-corrected chi connectivity index (χ0v) is 15.8. The van der Waals surface area contributed by atoms with E-state index in [1.54, 1.807) is 12.1 Å². The lowest BCUT2D eigenvalue weighted by molar-refractivity contribution is -0.380. The first-order valence-electron chi connectivity index (χ1n) is 8.35. The summed E-state index contributed by atoms with van der Waals surface area (Å²) in [6, 6.07) is 17.0. The molecule has 0 aliphatic carbocycles. The van der Waals surface area contributed by atoms with Gasteiger partial charge in [-0.2, -0.15) is 0 Å². The fourth-order valence-electron chi connectivity index (χ4n) is 2.27. The molecule has 1 N–H and O–H groups in total. The van der Waals surface area contributed by atoms with E-state index < -0.39 is 23.4 Å². The van der Waals surface area contributed by atoms with Gasteiger partial charge >= 0.3 is 11.0 Å². The Morgan fingerprint density at radius 3 is 2.38 bits per heavy atom. The van der Waals surface area contributed by atoms with Gasteiger partial charge in [0.2, 0.25) is 0 Å². The van der Waals surface area contributed by atoms with Crippen LogP contribution in [0.4, 0.5) is 10.1 Å². The molecule has 0 aliphatic heterocycles. The van der Waals surface area contributed by atoms with E-state index in [1.165, 1.54) is 0 Å². The van der Waals surface area contributed by atoms with Crippen molar-refractivity contribution in [3.63, 3.8) is 0 Å². The molecule has 0 unspecified atom stereocenters. The molecule has 0 aliphatic rings. The number of nitrogens with zero attached hydrogens (tertiary/aromatic N) is 2. The maximum atomic E-state index is 11.7. The van der Waals surface area contributed by atoms with Crippen molar-refractivity contribution in [1.82, 2.24) is 4.98 Å². The van der Waals surface area contributed by atoms with Crippen LogP contribution in [0.3, 0.4) is 0 Å². The molecule has 0 bridgehead atoms. The van der Waals surface area contributed by atoms with Gasteiger partial charge in [-0.15, -0.1) is 0 Å². The van der Waals surface area contributed by atoms with E-state index in [9.17, 15) is 19.7 Å². The molecule has 3 rings (SSSR count). The van der Waals surface area contributed by atoms with Crippen molar-refractivity contribution >= 4 is 33.3 Å². The van der Waals surface area contributed by atoms with Gasteiger partial charge in [0.25, 0.3) is 5.91 Å². The third-order valence-electron chi connectivity index (χ3n) is 3.60. The highest BCUT2D eigenvalue weighted by molar-refractivity contribution is 7.18. The third-order valence-corrected chi connectivity index (χ3v) is 4.47. The van der Waals surface area contributed by atoms with Gasteiger partial charge in [0, 0.05) is 0 Å². The number of thiazole rings is 1. The average molecular weight is 413 g/mol. The summed E-state index contributed by atoms with van der Waals surface area (Å²) in [4.78, 5) is 37.1. The van der Waals surface area contributed by atoms with Crippen LogP contribution in [0.1, 0.15) is 0 Å². The number of ether oxygens (including phenoxy) is 2. The van der Waals surface area contributed by atoms with Crippen molar-refractivity contribution in [2.45, 2.75) is 0 Å². The lowest BCUT2D eigenvalue weighted by atomic mass is 10.1. The number of esters is 1. The number of benzene rings is 2. The fraction of sp³-hybridized carbons (Fsp3) is 0.105. The second-order valence-corrected chi connectivity index (χ2v) is 6.66. The summed E-state index contributed by atoms with van der Waals surface area (Å²) < 4.78 is 10.2. The van der Waals surface area contributed by atoms with Gasteiger partial charge < -0.3 is 9.47 Å². The fourth-order valence-corrected chi connectivity index (χ4v) is 2.92. The smallest absolute Gasteiger partial charge is 0.345 e. The highest BCUT2D eigenvalue weighted by Crippen LogP contribution is 2.25. The second kappa shape index (κ2) is 9.42. The Morgan fingerprint density at radius 2 is 1.72 bits per heavy atom.